The van der Waals surface area contributed by atoms with E-state index in [9.17, 15) is 32.3 Å². The molecule has 4 aromatic rings. The van der Waals surface area contributed by atoms with Crippen LogP contribution in [0.15, 0.2) is 83.7 Å². The number of nitrogens with one attached hydrogen (secondary N) is 1. The highest BCUT2D eigenvalue weighted by Crippen LogP contribution is 2.34. The van der Waals surface area contributed by atoms with Gasteiger partial charge in [0.05, 0.1) is 11.1 Å². The van der Waals surface area contributed by atoms with Crippen molar-refractivity contribution in [1.82, 2.24) is 9.78 Å². The summed E-state index contributed by atoms with van der Waals surface area (Å²) in [5, 5.41) is 15.9. The summed E-state index contributed by atoms with van der Waals surface area (Å²) < 4.78 is 46.2. The number of Topliss-reactive ketones (excluding diaryl/α,β-unsaturated/α-hetero) is 1. The van der Waals surface area contributed by atoms with E-state index < -0.39 is 47.9 Å². The number of halogens is 4. The maximum atomic E-state index is 14.2. The molecule has 13 heteroatoms. The van der Waals surface area contributed by atoms with Gasteiger partial charge in [0, 0.05) is 28.8 Å². The highest BCUT2D eigenvalue weighted by atomic mass is 35.5. The first-order valence-electron chi connectivity index (χ1n) is 12.7. The summed E-state index contributed by atoms with van der Waals surface area (Å²) in [4.78, 5) is 50.5. The molecule has 2 N–H and O–H groups in total. The molecule has 2 unspecified atom stereocenters. The Morgan fingerprint density at radius 3 is 2.26 bits per heavy atom. The molecule has 9 nitrogen and oxygen atoms in total. The van der Waals surface area contributed by atoms with Crippen molar-refractivity contribution in [3.63, 3.8) is 0 Å². The molecule has 2 atom stereocenters. The van der Waals surface area contributed by atoms with Gasteiger partial charge in [-0.15, -0.1) is 5.10 Å². The lowest BCUT2D eigenvalue weighted by Gasteiger charge is -2.21. The first kappa shape index (κ1) is 31.0. The second-order valence-electron chi connectivity index (χ2n) is 9.27. The number of ketones is 1. The van der Waals surface area contributed by atoms with E-state index in [-0.39, 0.29) is 39.4 Å². The number of carbonyl (C=O) groups is 3. The summed E-state index contributed by atoms with van der Waals surface area (Å²) in [7, 11) is 0. The zero-order valence-corrected chi connectivity index (χ0v) is 23.1. The van der Waals surface area contributed by atoms with Crippen molar-refractivity contribution >= 4 is 34.9 Å². The molecule has 1 heterocycles. The average Bonchev–Trinajstić information content (AvgIpc) is 2.97. The van der Waals surface area contributed by atoms with Gasteiger partial charge in [0.25, 0.3) is 11.9 Å². The number of carbonyl (C=O) groups excluding carboxylic acids is 2. The van der Waals surface area contributed by atoms with Crippen LogP contribution in [0.5, 0.6) is 5.88 Å². The first-order chi connectivity index (χ1) is 20.4. The van der Waals surface area contributed by atoms with Gasteiger partial charge < -0.3 is 15.2 Å². The molecule has 0 bridgehead atoms. The normalized spacial score (nSPS) is 12.4. The molecule has 0 fully saturated rings. The Morgan fingerprint density at radius 2 is 1.65 bits per heavy atom. The van der Waals surface area contributed by atoms with E-state index in [4.69, 9.17) is 21.4 Å². The van der Waals surface area contributed by atoms with Crippen LogP contribution in [0.3, 0.4) is 0 Å². The van der Waals surface area contributed by atoms with Gasteiger partial charge in [-0.25, -0.2) is 18.3 Å². The molecular formula is C30H23ClF3N3O6. The third-order valence-corrected chi connectivity index (χ3v) is 6.50. The van der Waals surface area contributed by atoms with Crippen LogP contribution >= 0.6 is 11.6 Å². The van der Waals surface area contributed by atoms with Crippen molar-refractivity contribution in [1.29, 1.82) is 0 Å². The van der Waals surface area contributed by atoms with E-state index in [1.165, 1.54) is 49.4 Å². The van der Waals surface area contributed by atoms with Gasteiger partial charge >= 0.3 is 12.4 Å². The Morgan fingerprint density at radius 1 is 0.977 bits per heavy atom. The number of rotatable bonds is 11. The van der Waals surface area contributed by atoms with E-state index in [0.29, 0.717) is 10.2 Å². The summed E-state index contributed by atoms with van der Waals surface area (Å²) in [5.41, 5.74) is -0.420. The SMILES string of the molecule is CC(=O)c1ccc(Cl)cc1-c1cc(=O)n(C(Cc2ccccc2)C(=O)Nc2ccc(C(=O)O)cc2)nc1OC(F)C(F)F. The van der Waals surface area contributed by atoms with Crippen molar-refractivity contribution in [2.45, 2.75) is 32.2 Å². The van der Waals surface area contributed by atoms with Crippen molar-refractivity contribution in [3.8, 4) is 17.0 Å². The average molecular weight is 614 g/mol. The number of aromatic carboxylic acids is 1. The number of ether oxygens (including phenoxy) is 1. The zero-order valence-electron chi connectivity index (χ0n) is 22.3. The fourth-order valence-electron chi connectivity index (χ4n) is 4.21. The third-order valence-electron chi connectivity index (χ3n) is 6.27. The standard InChI is InChI=1S/C30H23ClF3N3O6/c1-16(38)21-12-9-19(31)14-22(21)23-15-25(39)37(36-29(23)43-27(34)26(32)33)24(13-17-5-3-2-4-6-17)28(40)35-20-10-7-18(8-11-20)30(41)42/h2-12,14-15,24,26-27H,13H2,1H3,(H,35,40)(H,41,42). The minimum absolute atomic E-state index is 0.0178. The van der Waals surface area contributed by atoms with E-state index >= 15 is 0 Å². The molecule has 0 aliphatic heterocycles. The van der Waals surface area contributed by atoms with Crippen molar-refractivity contribution in [2.75, 3.05) is 5.32 Å². The largest absolute Gasteiger partial charge is 0.478 e. The lowest BCUT2D eigenvalue weighted by atomic mass is 9.98. The number of hydrogen-bond donors (Lipinski definition) is 2. The number of anilines is 1. The number of benzene rings is 3. The van der Waals surface area contributed by atoms with Crippen molar-refractivity contribution < 1.29 is 37.4 Å². The monoisotopic (exact) mass is 613 g/mol. The summed E-state index contributed by atoms with van der Waals surface area (Å²) in [5.74, 6) is -3.21. The van der Waals surface area contributed by atoms with Gasteiger partial charge in [0.2, 0.25) is 11.8 Å². The second kappa shape index (κ2) is 13.3. The molecule has 43 heavy (non-hydrogen) atoms. The number of amides is 1. The number of alkyl halides is 3. The lowest BCUT2D eigenvalue weighted by molar-refractivity contribution is -0.119. The summed E-state index contributed by atoms with van der Waals surface area (Å²) in [6.07, 6.45) is -6.86. The van der Waals surface area contributed by atoms with Gasteiger partial charge in [0.15, 0.2) is 5.78 Å². The molecule has 0 saturated heterocycles. The summed E-state index contributed by atoms with van der Waals surface area (Å²) in [6.45, 7) is 1.22. The van der Waals surface area contributed by atoms with Crippen LogP contribution in [0.25, 0.3) is 11.1 Å². The van der Waals surface area contributed by atoms with Crippen LogP contribution in [0.2, 0.25) is 5.02 Å². The molecule has 4 rings (SSSR count). The van der Waals surface area contributed by atoms with Gasteiger partial charge in [-0.05, 0) is 60.5 Å². The van der Waals surface area contributed by atoms with Gasteiger partial charge in [0.1, 0.15) is 6.04 Å². The van der Waals surface area contributed by atoms with Crippen LogP contribution in [-0.2, 0) is 11.2 Å². The van der Waals surface area contributed by atoms with Gasteiger partial charge in [-0.1, -0.05) is 41.9 Å². The van der Waals surface area contributed by atoms with Crippen LogP contribution in [0.1, 0.15) is 39.2 Å². The molecule has 0 saturated carbocycles. The molecular weight excluding hydrogens is 591 g/mol. The fraction of sp³-hybridized carbons (Fsp3) is 0.167. The highest BCUT2D eigenvalue weighted by molar-refractivity contribution is 6.31. The van der Waals surface area contributed by atoms with Gasteiger partial charge in [-0.3, -0.25) is 14.4 Å². The molecule has 0 aliphatic rings. The predicted octanol–water partition coefficient (Wildman–Crippen LogP) is 5.83. The zero-order chi connectivity index (χ0) is 31.3. The smallest absolute Gasteiger partial charge is 0.335 e. The Balaban J connectivity index is 1.86. The minimum Gasteiger partial charge on any atom is -0.478 e. The van der Waals surface area contributed by atoms with Gasteiger partial charge in [-0.2, -0.15) is 4.39 Å². The van der Waals surface area contributed by atoms with Crippen molar-refractivity contribution in [2.24, 2.45) is 0 Å². The second-order valence-corrected chi connectivity index (χ2v) is 9.71. The van der Waals surface area contributed by atoms with Crippen molar-refractivity contribution in [3.05, 3.63) is 111 Å². The third kappa shape index (κ3) is 7.46. The molecule has 1 amide bonds. The van der Waals surface area contributed by atoms with Crippen LogP contribution < -0.4 is 15.6 Å². The topological polar surface area (TPSA) is 128 Å². The van der Waals surface area contributed by atoms with Crippen LogP contribution in [0.4, 0.5) is 18.9 Å². The number of carboxylic acid groups (broad SMARTS) is 1. The minimum atomic E-state index is -3.58. The quantitative estimate of drug-likeness (QED) is 0.204. The molecule has 1 aromatic heterocycles. The molecule has 0 spiro atoms. The van der Waals surface area contributed by atoms with Crippen LogP contribution in [0, 0.1) is 0 Å². The Kier molecular flexibility index (Phi) is 9.61. The summed E-state index contributed by atoms with van der Waals surface area (Å²) >= 11 is 6.10. The Bertz CT molecular complexity index is 1710. The summed E-state index contributed by atoms with van der Waals surface area (Å²) in [6, 6.07) is 17.2. The number of hydrogen-bond acceptors (Lipinski definition) is 6. The maximum Gasteiger partial charge on any atom is 0.335 e. The van der Waals surface area contributed by atoms with E-state index in [0.717, 1.165) is 6.07 Å². The fourth-order valence-corrected chi connectivity index (χ4v) is 4.38. The Hall–Kier alpha value is -4.97. The maximum absolute atomic E-state index is 14.2. The number of aromatic nitrogens is 2. The lowest BCUT2D eigenvalue weighted by Crippen LogP contribution is -2.37. The number of nitrogens with zero attached hydrogens (tertiary/aromatic N) is 2. The number of carboxylic acids is 1. The molecule has 0 aliphatic carbocycles. The molecule has 3 aromatic carbocycles. The molecule has 0 radical (unpaired) electrons. The first-order valence-corrected chi connectivity index (χ1v) is 13.0. The van der Waals surface area contributed by atoms with E-state index in [2.05, 4.69) is 10.4 Å². The Labute approximate surface area is 247 Å². The van der Waals surface area contributed by atoms with E-state index in [1.807, 2.05) is 0 Å². The predicted molar refractivity (Wildman–Crippen MR) is 152 cm³/mol. The van der Waals surface area contributed by atoms with E-state index in [1.54, 1.807) is 30.3 Å². The molecule has 222 valence electrons. The van der Waals surface area contributed by atoms with Crippen LogP contribution in [-0.4, -0.2) is 45.3 Å². The highest BCUT2D eigenvalue weighted by Gasteiger charge is 2.29.